The molecule has 0 aliphatic heterocycles. The normalized spacial score (nSPS) is 12.4. The van der Waals surface area contributed by atoms with Gasteiger partial charge in [-0.2, -0.15) is 0 Å². The monoisotopic (exact) mass is 355 g/mol. The average molecular weight is 356 g/mol. The molecule has 10 N–H and O–H groups in total. The molecule has 0 aromatic carbocycles. The number of carboxylic acids is 2. The molecular weight excluding hydrogens is 328 g/mol. The van der Waals surface area contributed by atoms with Crippen LogP contribution in [0, 0.1) is 0 Å². The fourth-order valence-corrected chi connectivity index (χ4v) is 1.26. The molecule has 1 radical (unpaired) electrons. The van der Waals surface area contributed by atoms with E-state index in [0.717, 1.165) is 25.7 Å². The number of carboxylic acid groups (broad SMARTS) is 2. The van der Waals surface area contributed by atoms with E-state index in [2.05, 4.69) is 0 Å². The second kappa shape index (κ2) is 17.4. The van der Waals surface area contributed by atoms with Crippen molar-refractivity contribution < 1.29 is 36.9 Å². The van der Waals surface area contributed by atoms with Crippen molar-refractivity contribution in [3.63, 3.8) is 0 Å². The molecule has 0 heterocycles. The van der Waals surface area contributed by atoms with Gasteiger partial charge in [-0.25, -0.2) is 0 Å². The van der Waals surface area contributed by atoms with E-state index >= 15 is 0 Å². The Hall–Kier alpha value is -0.701. The fourth-order valence-electron chi connectivity index (χ4n) is 1.26. The molecular formula is C12H28CuN4O4. The quantitative estimate of drug-likeness (QED) is 0.214. The van der Waals surface area contributed by atoms with Crippen LogP contribution in [0.1, 0.15) is 38.5 Å². The standard InChI is InChI=1S/2C6H14N2O2.Cu/c2*7-4-2-1-3-5(8)6(9)10;/h2*5H,1-4,7-8H2,(H,9,10);. The van der Waals surface area contributed by atoms with Crippen LogP contribution in [0.5, 0.6) is 0 Å². The van der Waals surface area contributed by atoms with Gasteiger partial charge < -0.3 is 33.1 Å². The number of nitrogens with two attached hydrogens (primary N) is 4. The summed E-state index contributed by atoms with van der Waals surface area (Å²) in [5.41, 5.74) is 20.8. The molecule has 0 aromatic heterocycles. The van der Waals surface area contributed by atoms with E-state index in [4.69, 9.17) is 33.1 Å². The van der Waals surface area contributed by atoms with Crippen molar-refractivity contribution in [1.82, 2.24) is 0 Å². The second-order valence-electron chi connectivity index (χ2n) is 4.46. The first kappa shape index (κ1) is 25.3. The zero-order chi connectivity index (χ0) is 16.0. The van der Waals surface area contributed by atoms with Gasteiger partial charge >= 0.3 is 11.9 Å². The third-order valence-electron chi connectivity index (χ3n) is 2.57. The van der Waals surface area contributed by atoms with Crippen molar-refractivity contribution in [3.8, 4) is 0 Å². The van der Waals surface area contributed by atoms with E-state index in [0.29, 0.717) is 25.9 Å². The Labute approximate surface area is 136 Å². The number of rotatable bonds is 10. The summed E-state index contributed by atoms with van der Waals surface area (Å²) in [5.74, 6) is -1.87. The number of hydrogen-bond acceptors (Lipinski definition) is 6. The minimum atomic E-state index is -0.933. The van der Waals surface area contributed by atoms with Gasteiger partial charge in [-0.05, 0) is 38.8 Å². The van der Waals surface area contributed by atoms with Gasteiger partial charge in [-0.1, -0.05) is 12.8 Å². The molecule has 2 unspecified atom stereocenters. The van der Waals surface area contributed by atoms with Gasteiger partial charge in [0.2, 0.25) is 0 Å². The first-order chi connectivity index (χ1) is 9.36. The van der Waals surface area contributed by atoms with Gasteiger partial charge in [0.25, 0.3) is 0 Å². The zero-order valence-corrected chi connectivity index (χ0v) is 13.1. The molecule has 0 spiro atoms. The van der Waals surface area contributed by atoms with Crippen LogP contribution in [0.4, 0.5) is 0 Å². The summed E-state index contributed by atoms with van der Waals surface area (Å²) in [5, 5.41) is 16.7. The zero-order valence-electron chi connectivity index (χ0n) is 12.1. The first-order valence-electron chi connectivity index (χ1n) is 6.73. The minimum Gasteiger partial charge on any atom is -0.480 e. The molecule has 131 valence electrons. The number of unbranched alkanes of at least 4 members (excludes halogenated alkanes) is 2. The molecule has 0 bridgehead atoms. The average Bonchev–Trinajstić information content (AvgIpc) is 2.39. The van der Waals surface area contributed by atoms with Gasteiger partial charge in [-0.15, -0.1) is 0 Å². The molecule has 0 amide bonds. The SMILES string of the molecule is NCCCCC(N)C(=O)O.NCCCCC(N)C(=O)O.[Cu]. The predicted molar refractivity (Wildman–Crippen MR) is 77.0 cm³/mol. The van der Waals surface area contributed by atoms with Crippen LogP contribution in [-0.4, -0.2) is 47.3 Å². The molecule has 0 rings (SSSR count). The van der Waals surface area contributed by atoms with Gasteiger partial charge in [0.1, 0.15) is 12.1 Å². The van der Waals surface area contributed by atoms with E-state index in [1.807, 2.05) is 0 Å². The summed E-state index contributed by atoms with van der Waals surface area (Å²) in [7, 11) is 0. The molecule has 2 atom stereocenters. The summed E-state index contributed by atoms with van der Waals surface area (Å²) in [4.78, 5) is 20.3. The molecule has 0 saturated heterocycles. The minimum absolute atomic E-state index is 0. The smallest absolute Gasteiger partial charge is 0.320 e. The summed E-state index contributed by atoms with van der Waals surface area (Å²) in [6, 6.07) is -1.43. The topological polar surface area (TPSA) is 179 Å². The van der Waals surface area contributed by atoms with Gasteiger partial charge in [-0.3, -0.25) is 9.59 Å². The van der Waals surface area contributed by atoms with Crippen molar-refractivity contribution >= 4 is 11.9 Å². The van der Waals surface area contributed by atoms with Crippen molar-refractivity contribution in [1.29, 1.82) is 0 Å². The van der Waals surface area contributed by atoms with E-state index in [1.54, 1.807) is 0 Å². The fraction of sp³-hybridized carbons (Fsp3) is 0.833. The van der Waals surface area contributed by atoms with Crippen LogP contribution >= 0.6 is 0 Å². The van der Waals surface area contributed by atoms with Crippen LogP contribution in [0.25, 0.3) is 0 Å². The van der Waals surface area contributed by atoms with E-state index in [9.17, 15) is 9.59 Å². The van der Waals surface area contributed by atoms with Crippen LogP contribution in [0.3, 0.4) is 0 Å². The third-order valence-corrected chi connectivity index (χ3v) is 2.57. The Bertz CT molecular complexity index is 244. The van der Waals surface area contributed by atoms with Crippen molar-refractivity contribution in [2.45, 2.75) is 50.6 Å². The van der Waals surface area contributed by atoms with Crippen molar-refractivity contribution in [2.75, 3.05) is 13.1 Å². The predicted octanol–water partition coefficient (Wildman–Crippen LogP) is -0.948. The Morgan fingerprint density at radius 2 is 1.05 bits per heavy atom. The second-order valence-corrected chi connectivity index (χ2v) is 4.46. The van der Waals surface area contributed by atoms with Gasteiger partial charge in [0.15, 0.2) is 0 Å². The molecule has 0 saturated carbocycles. The summed E-state index contributed by atoms with van der Waals surface area (Å²) in [6.07, 6.45) is 4.33. The summed E-state index contributed by atoms with van der Waals surface area (Å²) in [6.45, 7) is 1.21. The van der Waals surface area contributed by atoms with Crippen molar-refractivity contribution in [3.05, 3.63) is 0 Å². The summed E-state index contributed by atoms with van der Waals surface area (Å²) < 4.78 is 0. The maximum atomic E-state index is 10.1. The Kier molecular flexibility index (Phi) is 20.9. The molecule has 0 aliphatic rings. The number of aliphatic carboxylic acids is 2. The molecule has 8 nitrogen and oxygen atoms in total. The Morgan fingerprint density at radius 3 is 1.24 bits per heavy atom. The molecule has 0 aromatic rings. The van der Waals surface area contributed by atoms with Crippen LogP contribution < -0.4 is 22.9 Å². The third kappa shape index (κ3) is 19.3. The number of carbonyl (C=O) groups is 2. The Morgan fingerprint density at radius 1 is 0.762 bits per heavy atom. The van der Waals surface area contributed by atoms with Crippen LogP contribution in [-0.2, 0) is 26.7 Å². The van der Waals surface area contributed by atoms with Crippen molar-refractivity contribution in [2.24, 2.45) is 22.9 Å². The molecule has 21 heavy (non-hydrogen) atoms. The maximum Gasteiger partial charge on any atom is 0.320 e. The van der Waals surface area contributed by atoms with E-state index in [1.165, 1.54) is 0 Å². The first-order valence-corrected chi connectivity index (χ1v) is 6.73. The molecule has 0 fully saturated rings. The van der Waals surface area contributed by atoms with E-state index in [-0.39, 0.29) is 17.1 Å². The summed E-state index contributed by atoms with van der Waals surface area (Å²) >= 11 is 0. The van der Waals surface area contributed by atoms with Crippen LogP contribution in [0.15, 0.2) is 0 Å². The van der Waals surface area contributed by atoms with E-state index < -0.39 is 24.0 Å². The number of hydrogen-bond donors (Lipinski definition) is 6. The molecule has 9 heteroatoms. The van der Waals surface area contributed by atoms with Gasteiger partial charge in [0.05, 0.1) is 0 Å². The maximum absolute atomic E-state index is 10.1. The van der Waals surface area contributed by atoms with Crippen LogP contribution in [0.2, 0.25) is 0 Å². The molecule has 0 aliphatic carbocycles. The largest absolute Gasteiger partial charge is 0.480 e. The van der Waals surface area contributed by atoms with Gasteiger partial charge in [0, 0.05) is 17.1 Å². The Balaban J connectivity index is -0.000000295.